The molecule has 8 nitrogen and oxygen atoms in total. The Hall–Kier alpha value is -1.58. The molecule has 1 aromatic rings. The lowest BCUT2D eigenvalue weighted by molar-refractivity contribution is -0.159. The molecule has 0 aliphatic rings. The van der Waals surface area contributed by atoms with Crippen molar-refractivity contribution in [3.63, 3.8) is 0 Å². The summed E-state index contributed by atoms with van der Waals surface area (Å²) in [5.74, 6) is -3.06. The number of benzene rings is 1. The number of carboxylic acids is 2. The minimum absolute atomic E-state index is 0.448. The van der Waals surface area contributed by atoms with E-state index in [1.54, 1.807) is 25.3 Å². The quantitative estimate of drug-likeness (QED) is 0.374. The summed E-state index contributed by atoms with van der Waals surface area (Å²) in [6, 6.07) is 5.13. The molecule has 0 atom stereocenters. The summed E-state index contributed by atoms with van der Waals surface area (Å²) in [5.41, 5.74) is 0. The van der Waals surface area contributed by atoms with Crippen molar-refractivity contribution in [2.24, 2.45) is 0 Å². The van der Waals surface area contributed by atoms with Gasteiger partial charge in [-0.15, -0.1) is 0 Å². The van der Waals surface area contributed by atoms with Gasteiger partial charge in [-0.05, 0) is 25.1 Å². The number of methoxy groups -OCH3 is 1. The molecule has 0 amide bonds. The van der Waals surface area contributed by atoms with E-state index in [0.717, 1.165) is 26.1 Å². The number of rotatable bonds is 11. The van der Waals surface area contributed by atoms with Crippen molar-refractivity contribution in [2.75, 3.05) is 46.6 Å². The molecule has 0 aliphatic heterocycles. The van der Waals surface area contributed by atoms with Gasteiger partial charge in [0.15, 0.2) is 0 Å². The summed E-state index contributed by atoms with van der Waals surface area (Å²) >= 11 is 11.8. The van der Waals surface area contributed by atoms with Crippen LogP contribution >= 0.6 is 23.2 Å². The SMILES string of the molecule is COCCCNCCOCCOc1cc(Cl)ccc1Cl.O=C(O)C(=O)O. The predicted octanol–water partition coefficient (Wildman–Crippen LogP) is 2.17. The van der Waals surface area contributed by atoms with Crippen LogP contribution < -0.4 is 10.1 Å². The molecule has 0 aliphatic carbocycles. The van der Waals surface area contributed by atoms with Crippen LogP contribution in [0.5, 0.6) is 5.75 Å². The number of carbonyl (C=O) groups is 2. The Labute approximate surface area is 161 Å². The fraction of sp³-hybridized carbons (Fsp3) is 0.500. The third-order valence-corrected chi connectivity index (χ3v) is 3.23. The van der Waals surface area contributed by atoms with E-state index in [1.165, 1.54) is 0 Å². The monoisotopic (exact) mass is 411 g/mol. The number of halogens is 2. The number of aliphatic carboxylic acids is 2. The highest BCUT2D eigenvalue weighted by Gasteiger charge is 2.04. The molecule has 0 unspecified atom stereocenters. The molecular weight excluding hydrogens is 389 g/mol. The average Bonchev–Trinajstić information content (AvgIpc) is 2.60. The predicted molar refractivity (Wildman–Crippen MR) is 97.4 cm³/mol. The molecule has 26 heavy (non-hydrogen) atoms. The summed E-state index contributed by atoms with van der Waals surface area (Å²) in [6.07, 6.45) is 1.01. The van der Waals surface area contributed by atoms with Crippen molar-refractivity contribution < 1.29 is 34.0 Å². The molecule has 1 aromatic carbocycles. The first-order chi connectivity index (χ1) is 12.4. The van der Waals surface area contributed by atoms with Gasteiger partial charge in [-0.2, -0.15) is 0 Å². The van der Waals surface area contributed by atoms with E-state index < -0.39 is 11.9 Å². The molecule has 0 radical (unpaired) electrons. The minimum atomic E-state index is -1.82. The van der Waals surface area contributed by atoms with Crippen LogP contribution in [0.3, 0.4) is 0 Å². The lowest BCUT2D eigenvalue weighted by atomic mass is 10.3. The van der Waals surface area contributed by atoms with Gasteiger partial charge in [0.2, 0.25) is 0 Å². The maximum absolute atomic E-state index is 9.10. The van der Waals surface area contributed by atoms with Crippen LogP contribution in [-0.2, 0) is 19.1 Å². The number of hydrogen-bond acceptors (Lipinski definition) is 6. The molecule has 0 fully saturated rings. The molecule has 0 bridgehead atoms. The second kappa shape index (κ2) is 15.7. The van der Waals surface area contributed by atoms with Crippen LogP contribution in [0.4, 0.5) is 0 Å². The summed E-state index contributed by atoms with van der Waals surface area (Å²) in [5, 5.41) is 19.2. The van der Waals surface area contributed by atoms with Gasteiger partial charge in [-0.3, -0.25) is 0 Å². The summed E-state index contributed by atoms with van der Waals surface area (Å²) in [4.78, 5) is 18.2. The van der Waals surface area contributed by atoms with E-state index >= 15 is 0 Å². The van der Waals surface area contributed by atoms with Crippen LogP contribution in [0.15, 0.2) is 18.2 Å². The van der Waals surface area contributed by atoms with Gasteiger partial charge < -0.3 is 29.7 Å². The first-order valence-electron chi connectivity index (χ1n) is 7.70. The highest BCUT2D eigenvalue weighted by atomic mass is 35.5. The third kappa shape index (κ3) is 13.7. The lowest BCUT2D eigenvalue weighted by Gasteiger charge is -2.09. The first kappa shape index (κ1) is 24.4. The van der Waals surface area contributed by atoms with Gasteiger partial charge in [0.25, 0.3) is 0 Å². The van der Waals surface area contributed by atoms with Crippen LogP contribution in [-0.4, -0.2) is 68.8 Å². The van der Waals surface area contributed by atoms with Gasteiger partial charge in [0, 0.05) is 31.4 Å². The number of hydrogen-bond donors (Lipinski definition) is 3. The van der Waals surface area contributed by atoms with Crippen molar-refractivity contribution in [2.45, 2.75) is 6.42 Å². The molecule has 0 spiro atoms. The zero-order valence-corrected chi connectivity index (χ0v) is 15.9. The van der Waals surface area contributed by atoms with Crippen molar-refractivity contribution in [3.8, 4) is 5.75 Å². The van der Waals surface area contributed by atoms with E-state index in [0.29, 0.717) is 35.6 Å². The van der Waals surface area contributed by atoms with Crippen molar-refractivity contribution in [1.29, 1.82) is 0 Å². The smallest absolute Gasteiger partial charge is 0.414 e. The topological polar surface area (TPSA) is 114 Å². The molecule has 0 heterocycles. The van der Waals surface area contributed by atoms with Crippen molar-refractivity contribution >= 4 is 35.1 Å². The summed E-state index contributed by atoms with van der Waals surface area (Å²) < 4.78 is 15.9. The van der Waals surface area contributed by atoms with Gasteiger partial charge in [0.05, 0.1) is 18.2 Å². The molecule has 0 aromatic heterocycles. The standard InChI is InChI=1S/C14H21Cl2NO3.C2H2O4/c1-18-7-2-5-17-6-8-19-9-10-20-14-11-12(15)3-4-13(14)16;3-1(4)2(5)6/h3-4,11,17H,2,5-10H2,1H3;(H,3,4)(H,5,6). The normalized spacial score (nSPS) is 9.96. The second-order valence-electron chi connectivity index (χ2n) is 4.74. The molecule has 3 N–H and O–H groups in total. The summed E-state index contributed by atoms with van der Waals surface area (Å²) in [7, 11) is 1.70. The second-order valence-corrected chi connectivity index (χ2v) is 5.59. The molecule has 0 saturated heterocycles. The van der Waals surface area contributed by atoms with Crippen molar-refractivity contribution in [1.82, 2.24) is 5.32 Å². The van der Waals surface area contributed by atoms with E-state index in [9.17, 15) is 0 Å². The van der Waals surface area contributed by atoms with Crippen LogP contribution in [0.1, 0.15) is 6.42 Å². The van der Waals surface area contributed by atoms with E-state index in [2.05, 4.69) is 5.32 Å². The van der Waals surface area contributed by atoms with Gasteiger partial charge in [-0.1, -0.05) is 23.2 Å². The van der Waals surface area contributed by atoms with Crippen LogP contribution in [0.25, 0.3) is 0 Å². The Bertz CT molecular complexity index is 531. The maximum Gasteiger partial charge on any atom is 0.414 e. The average molecular weight is 412 g/mol. The van der Waals surface area contributed by atoms with Crippen molar-refractivity contribution in [3.05, 3.63) is 28.2 Å². The first-order valence-corrected chi connectivity index (χ1v) is 8.45. The van der Waals surface area contributed by atoms with Gasteiger partial charge in [0.1, 0.15) is 12.4 Å². The molecule has 148 valence electrons. The highest BCUT2D eigenvalue weighted by molar-refractivity contribution is 6.34. The summed E-state index contributed by atoms with van der Waals surface area (Å²) in [6.45, 7) is 4.15. The lowest BCUT2D eigenvalue weighted by Crippen LogP contribution is -2.22. The number of nitrogens with one attached hydrogen (secondary N) is 1. The Morgan fingerprint density at radius 1 is 1.04 bits per heavy atom. The maximum atomic E-state index is 9.10. The molecular formula is C16H23Cl2NO7. The third-order valence-electron chi connectivity index (χ3n) is 2.69. The molecule has 1 rings (SSSR count). The Balaban J connectivity index is 0.000000896. The zero-order valence-electron chi connectivity index (χ0n) is 14.4. The van der Waals surface area contributed by atoms with Gasteiger partial charge in [-0.25, -0.2) is 9.59 Å². The van der Waals surface area contributed by atoms with E-state index in [1.807, 2.05) is 0 Å². The zero-order chi connectivity index (χ0) is 19.8. The fourth-order valence-corrected chi connectivity index (χ4v) is 1.85. The fourth-order valence-electron chi connectivity index (χ4n) is 1.51. The minimum Gasteiger partial charge on any atom is -0.490 e. The highest BCUT2D eigenvalue weighted by Crippen LogP contribution is 2.27. The largest absolute Gasteiger partial charge is 0.490 e. The Kier molecular flexibility index (Phi) is 14.7. The molecule has 10 heteroatoms. The number of carboxylic acid groups (broad SMARTS) is 2. The van der Waals surface area contributed by atoms with Crippen LogP contribution in [0.2, 0.25) is 10.0 Å². The Morgan fingerprint density at radius 2 is 1.73 bits per heavy atom. The molecule has 0 saturated carbocycles. The van der Waals surface area contributed by atoms with E-state index in [4.69, 9.17) is 57.2 Å². The number of ether oxygens (including phenoxy) is 3. The van der Waals surface area contributed by atoms with Crippen LogP contribution in [0, 0.1) is 0 Å². The van der Waals surface area contributed by atoms with E-state index in [-0.39, 0.29) is 0 Å². The van der Waals surface area contributed by atoms with Gasteiger partial charge >= 0.3 is 11.9 Å². The Morgan fingerprint density at radius 3 is 2.35 bits per heavy atom.